The molecule has 2 atom stereocenters. The quantitative estimate of drug-likeness (QED) is 0.460. The van der Waals surface area contributed by atoms with Crippen molar-refractivity contribution < 1.29 is 4.79 Å². The van der Waals surface area contributed by atoms with Gasteiger partial charge in [-0.3, -0.25) is 4.79 Å². The molecule has 1 aliphatic rings. The van der Waals surface area contributed by atoms with Crippen molar-refractivity contribution in [1.29, 1.82) is 0 Å². The predicted molar refractivity (Wildman–Crippen MR) is 118 cm³/mol. The number of Topliss-reactive ketones (excluding diaryl/α,β-unsaturated/α-hetero) is 1. The summed E-state index contributed by atoms with van der Waals surface area (Å²) >= 11 is 0. The van der Waals surface area contributed by atoms with Gasteiger partial charge in [-0.2, -0.15) is 0 Å². The molecule has 0 radical (unpaired) electrons. The summed E-state index contributed by atoms with van der Waals surface area (Å²) in [6, 6.07) is 32.8. The van der Waals surface area contributed by atoms with Crippen LogP contribution in [0.3, 0.4) is 0 Å². The van der Waals surface area contributed by atoms with E-state index in [4.69, 9.17) is 5.73 Å². The predicted octanol–water partition coefficient (Wildman–Crippen LogP) is 5.61. The second kappa shape index (κ2) is 6.98. The molecule has 2 heteroatoms. The molecule has 1 fully saturated rings. The molecule has 0 spiro atoms. The molecule has 2 N–H and O–H groups in total. The standard InChI is InChI=1S/C27H23NO/c28-27(24-8-2-1-3-9-24)18-25(27)21-12-10-19(11-13-21)16-26(29)23-15-14-20-6-4-5-7-22(20)17-23/h1-15,17,25H,16,18,28H2/t25-,27-/m0/s1. The Kier molecular flexibility index (Phi) is 4.30. The normalized spacial score (nSPS) is 20.5. The summed E-state index contributed by atoms with van der Waals surface area (Å²) in [6.07, 6.45) is 1.38. The number of hydrogen-bond acceptors (Lipinski definition) is 2. The van der Waals surface area contributed by atoms with Crippen LogP contribution in [0.4, 0.5) is 0 Å². The molecule has 4 aromatic carbocycles. The Morgan fingerprint density at radius 3 is 2.28 bits per heavy atom. The lowest BCUT2D eigenvalue weighted by Crippen LogP contribution is -2.21. The summed E-state index contributed by atoms with van der Waals surface area (Å²) in [5.41, 5.74) is 10.6. The molecule has 0 aliphatic heterocycles. The van der Waals surface area contributed by atoms with E-state index in [9.17, 15) is 4.79 Å². The fraction of sp³-hybridized carbons (Fsp3) is 0.148. The molecule has 0 bridgehead atoms. The Morgan fingerprint density at radius 1 is 0.828 bits per heavy atom. The molecule has 4 aromatic rings. The van der Waals surface area contributed by atoms with Crippen LogP contribution in [0.5, 0.6) is 0 Å². The number of carbonyl (C=O) groups is 1. The Balaban J connectivity index is 1.30. The molecule has 0 heterocycles. The molecule has 1 saturated carbocycles. The van der Waals surface area contributed by atoms with Gasteiger partial charge in [0.2, 0.25) is 0 Å². The maximum absolute atomic E-state index is 12.8. The van der Waals surface area contributed by atoms with Crippen molar-refractivity contribution in [2.75, 3.05) is 0 Å². The first-order valence-electron chi connectivity index (χ1n) is 10.1. The topological polar surface area (TPSA) is 43.1 Å². The minimum atomic E-state index is -0.260. The van der Waals surface area contributed by atoms with E-state index >= 15 is 0 Å². The molecule has 29 heavy (non-hydrogen) atoms. The fourth-order valence-electron chi connectivity index (χ4n) is 4.28. The van der Waals surface area contributed by atoms with Crippen molar-refractivity contribution in [2.45, 2.75) is 24.3 Å². The van der Waals surface area contributed by atoms with Gasteiger partial charge in [-0.25, -0.2) is 0 Å². The zero-order valence-electron chi connectivity index (χ0n) is 16.2. The largest absolute Gasteiger partial charge is 0.321 e. The maximum atomic E-state index is 12.8. The van der Waals surface area contributed by atoms with Crippen LogP contribution in [-0.2, 0) is 12.0 Å². The van der Waals surface area contributed by atoms with Crippen LogP contribution in [-0.4, -0.2) is 5.78 Å². The number of nitrogens with two attached hydrogens (primary N) is 1. The van der Waals surface area contributed by atoms with Crippen molar-refractivity contribution in [2.24, 2.45) is 5.73 Å². The van der Waals surface area contributed by atoms with Crippen LogP contribution in [0.1, 0.15) is 39.4 Å². The van der Waals surface area contributed by atoms with E-state index in [2.05, 4.69) is 42.5 Å². The molecule has 5 rings (SSSR count). The van der Waals surface area contributed by atoms with Crippen molar-refractivity contribution >= 4 is 16.6 Å². The summed E-state index contributed by atoms with van der Waals surface area (Å²) in [4.78, 5) is 12.8. The van der Waals surface area contributed by atoms with Crippen LogP contribution in [0.15, 0.2) is 97.1 Å². The molecule has 0 unspecified atom stereocenters. The summed E-state index contributed by atoms with van der Waals surface area (Å²) in [7, 11) is 0. The van der Waals surface area contributed by atoms with E-state index < -0.39 is 0 Å². The molecular formula is C27H23NO. The number of hydrogen-bond donors (Lipinski definition) is 1. The Bertz CT molecular complexity index is 1180. The third-order valence-electron chi connectivity index (χ3n) is 6.13. The van der Waals surface area contributed by atoms with Gasteiger partial charge in [0, 0.05) is 23.4 Å². The monoisotopic (exact) mass is 377 g/mol. The molecule has 0 saturated heterocycles. The zero-order valence-corrected chi connectivity index (χ0v) is 16.2. The van der Waals surface area contributed by atoms with Gasteiger partial charge in [-0.05, 0) is 39.9 Å². The fourth-order valence-corrected chi connectivity index (χ4v) is 4.28. The second-order valence-corrected chi connectivity index (χ2v) is 8.07. The number of carbonyl (C=O) groups excluding carboxylic acids is 1. The molecule has 1 aliphatic carbocycles. The number of fused-ring (bicyclic) bond motifs is 1. The van der Waals surface area contributed by atoms with Crippen LogP contribution in [0.2, 0.25) is 0 Å². The van der Waals surface area contributed by atoms with Gasteiger partial charge in [-0.1, -0.05) is 91.0 Å². The van der Waals surface area contributed by atoms with E-state index in [1.54, 1.807) is 0 Å². The Morgan fingerprint density at radius 2 is 1.52 bits per heavy atom. The SMILES string of the molecule is N[C@]1(c2ccccc2)C[C@H]1c1ccc(CC(=O)c2ccc3ccccc3c2)cc1. The van der Waals surface area contributed by atoms with Gasteiger partial charge < -0.3 is 5.73 Å². The lowest BCUT2D eigenvalue weighted by Gasteiger charge is -2.12. The molecule has 2 nitrogen and oxygen atoms in total. The number of rotatable bonds is 5. The van der Waals surface area contributed by atoms with Crippen molar-refractivity contribution in [3.05, 3.63) is 119 Å². The van der Waals surface area contributed by atoms with Crippen LogP contribution in [0.25, 0.3) is 10.8 Å². The smallest absolute Gasteiger partial charge is 0.167 e. The highest BCUT2D eigenvalue weighted by Gasteiger charge is 2.52. The minimum absolute atomic E-state index is 0.146. The summed E-state index contributed by atoms with van der Waals surface area (Å²) < 4.78 is 0. The Labute approximate surface area is 171 Å². The lowest BCUT2D eigenvalue weighted by atomic mass is 9.97. The van der Waals surface area contributed by atoms with E-state index in [1.807, 2.05) is 54.6 Å². The highest BCUT2D eigenvalue weighted by molar-refractivity contribution is 6.01. The van der Waals surface area contributed by atoms with E-state index in [0.29, 0.717) is 12.3 Å². The van der Waals surface area contributed by atoms with Gasteiger partial charge in [-0.15, -0.1) is 0 Å². The van der Waals surface area contributed by atoms with Crippen LogP contribution < -0.4 is 5.73 Å². The zero-order chi connectivity index (χ0) is 19.8. The Hall–Kier alpha value is -3.23. The van der Waals surface area contributed by atoms with E-state index in [-0.39, 0.29) is 11.3 Å². The number of benzene rings is 4. The summed E-state index contributed by atoms with van der Waals surface area (Å²) in [5.74, 6) is 0.488. The second-order valence-electron chi connectivity index (χ2n) is 8.07. The van der Waals surface area contributed by atoms with Crippen molar-refractivity contribution in [1.82, 2.24) is 0 Å². The highest BCUT2D eigenvalue weighted by atomic mass is 16.1. The third kappa shape index (κ3) is 3.37. The average Bonchev–Trinajstić information content (AvgIpc) is 3.47. The highest BCUT2D eigenvalue weighted by Crippen LogP contribution is 2.56. The molecule has 142 valence electrons. The first kappa shape index (κ1) is 17.8. The molecule has 0 amide bonds. The van der Waals surface area contributed by atoms with Crippen molar-refractivity contribution in [3.63, 3.8) is 0 Å². The molecular weight excluding hydrogens is 354 g/mol. The average molecular weight is 377 g/mol. The first-order chi connectivity index (χ1) is 14.1. The van der Waals surface area contributed by atoms with Crippen molar-refractivity contribution in [3.8, 4) is 0 Å². The van der Waals surface area contributed by atoms with Crippen LogP contribution in [0, 0.1) is 0 Å². The molecule has 0 aromatic heterocycles. The third-order valence-corrected chi connectivity index (χ3v) is 6.13. The van der Waals surface area contributed by atoms with E-state index in [0.717, 1.165) is 28.3 Å². The lowest BCUT2D eigenvalue weighted by molar-refractivity contribution is 0.0993. The van der Waals surface area contributed by atoms with Gasteiger partial charge in [0.15, 0.2) is 5.78 Å². The van der Waals surface area contributed by atoms with Crippen LogP contribution >= 0.6 is 0 Å². The van der Waals surface area contributed by atoms with E-state index in [1.165, 1.54) is 11.1 Å². The van der Waals surface area contributed by atoms with Gasteiger partial charge in [0.05, 0.1) is 0 Å². The van der Waals surface area contributed by atoms with Gasteiger partial charge in [0.1, 0.15) is 0 Å². The van der Waals surface area contributed by atoms with Gasteiger partial charge >= 0.3 is 0 Å². The number of ketones is 1. The minimum Gasteiger partial charge on any atom is -0.321 e. The van der Waals surface area contributed by atoms with Gasteiger partial charge in [0.25, 0.3) is 0 Å². The maximum Gasteiger partial charge on any atom is 0.167 e. The first-order valence-corrected chi connectivity index (χ1v) is 10.1. The summed E-state index contributed by atoms with van der Waals surface area (Å²) in [6.45, 7) is 0. The summed E-state index contributed by atoms with van der Waals surface area (Å²) in [5, 5.41) is 2.25.